The topological polar surface area (TPSA) is 50.9 Å². The van der Waals surface area contributed by atoms with Crippen LogP contribution in [0.25, 0.3) is 0 Å². The number of aryl methyl sites for hydroxylation is 1. The summed E-state index contributed by atoms with van der Waals surface area (Å²) >= 11 is 3.26. The van der Waals surface area contributed by atoms with Gasteiger partial charge in [-0.15, -0.1) is 0 Å². The zero-order chi connectivity index (χ0) is 13.8. The smallest absolute Gasteiger partial charge is 0.137 e. The molecule has 0 fully saturated rings. The number of nitrogens with two attached hydrogens (primary N) is 1. The summed E-state index contributed by atoms with van der Waals surface area (Å²) in [5.74, 6) is 5.32. The Labute approximate surface area is 120 Å². The number of halogens is 2. The molecule has 1 atom stereocenters. The number of rotatable bonds is 4. The van der Waals surface area contributed by atoms with Gasteiger partial charge in [0.1, 0.15) is 5.82 Å². The molecule has 0 saturated carbocycles. The first-order valence-corrected chi connectivity index (χ1v) is 6.72. The highest BCUT2D eigenvalue weighted by Gasteiger charge is 2.15. The quantitative estimate of drug-likeness (QED) is 0.671. The van der Waals surface area contributed by atoms with Gasteiger partial charge in [-0.1, -0.05) is 12.1 Å². The molecular weight excluding hydrogens is 309 g/mol. The zero-order valence-electron chi connectivity index (χ0n) is 10.5. The van der Waals surface area contributed by atoms with Crippen molar-refractivity contribution in [3.05, 3.63) is 63.6 Å². The Hall–Kier alpha value is -1.30. The van der Waals surface area contributed by atoms with Crippen molar-refractivity contribution in [1.82, 2.24) is 10.4 Å². The second kappa shape index (κ2) is 6.23. The van der Waals surface area contributed by atoms with Crippen molar-refractivity contribution in [3.8, 4) is 0 Å². The molecule has 1 heterocycles. The van der Waals surface area contributed by atoms with E-state index in [1.807, 2.05) is 25.1 Å². The van der Waals surface area contributed by atoms with Crippen LogP contribution >= 0.6 is 15.9 Å². The van der Waals surface area contributed by atoms with Crippen molar-refractivity contribution in [2.45, 2.75) is 19.4 Å². The maximum Gasteiger partial charge on any atom is 0.137 e. The van der Waals surface area contributed by atoms with E-state index in [2.05, 4.69) is 26.3 Å². The van der Waals surface area contributed by atoms with Gasteiger partial charge in [0, 0.05) is 6.20 Å². The molecule has 0 radical (unpaired) electrons. The first-order valence-electron chi connectivity index (χ1n) is 5.93. The van der Waals surface area contributed by atoms with Gasteiger partial charge < -0.3 is 0 Å². The van der Waals surface area contributed by atoms with Crippen molar-refractivity contribution in [2.75, 3.05) is 0 Å². The van der Waals surface area contributed by atoms with Gasteiger partial charge in [-0.2, -0.15) is 0 Å². The molecule has 0 aliphatic heterocycles. The summed E-state index contributed by atoms with van der Waals surface area (Å²) in [6, 6.07) is 8.72. The van der Waals surface area contributed by atoms with Gasteiger partial charge in [-0.05, 0) is 58.6 Å². The lowest BCUT2D eigenvalue weighted by Gasteiger charge is -2.17. The minimum atomic E-state index is -0.273. The molecule has 0 bridgehead atoms. The average Bonchev–Trinajstić information content (AvgIpc) is 2.40. The molecule has 2 rings (SSSR count). The summed E-state index contributed by atoms with van der Waals surface area (Å²) in [6.07, 6.45) is 2.31. The van der Waals surface area contributed by atoms with E-state index in [1.54, 1.807) is 12.3 Å². The molecule has 1 aromatic carbocycles. The van der Waals surface area contributed by atoms with Gasteiger partial charge in [-0.3, -0.25) is 16.3 Å². The third kappa shape index (κ3) is 3.37. The van der Waals surface area contributed by atoms with E-state index in [0.717, 1.165) is 16.8 Å². The van der Waals surface area contributed by atoms with Crippen molar-refractivity contribution in [1.29, 1.82) is 0 Å². The van der Waals surface area contributed by atoms with E-state index in [0.29, 0.717) is 10.9 Å². The van der Waals surface area contributed by atoms with E-state index >= 15 is 0 Å². The molecule has 0 spiro atoms. The first kappa shape index (κ1) is 14.1. The fourth-order valence-corrected chi connectivity index (χ4v) is 2.35. The van der Waals surface area contributed by atoms with Gasteiger partial charge in [0.25, 0.3) is 0 Å². The molecule has 0 saturated heterocycles. The Kier molecular flexibility index (Phi) is 4.63. The van der Waals surface area contributed by atoms with E-state index in [9.17, 15) is 4.39 Å². The van der Waals surface area contributed by atoms with Gasteiger partial charge in [0.2, 0.25) is 0 Å². The summed E-state index contributed by atoms with van der Waals surface area (Å²) in [5, 5.41) is 0. The Morgan fingerprint density at radius 3 is 2.89 bits per heavy atom. The van der Waals surface area contributed by atoms with Crippen LogP contribution in [0.2, 0.25) is 0 Å². The van der Waals surface area contributed by atoms with Crippen LogP contribution in [0.5, 0.6) is 0 Å². The van der Waals surface area contributed by atoms with Crippen LogP contribution in [0.1, 0.15) is 22.9 Å². The minimum Gasteiger partial charge on any atom is -0.271 e. The number of nitrogens with zero attached hydrogens (tertiary/aromatic N) is 1. The molecule has 5 heteroatoms. The molecule has 0 amide bonds. The third-order valence-corrected chi connectivity index (χ3v) is 3.84. The highest BCUT2D eigenvalue weighted by Crippen LogP contribution is 2.25. The predicted octanol–water partition coefficient (Wildman–Crippen LogP) is 3.04. The van der Waals surface area contributed by atoms with Gasteiger partial charge in [-0.25, -0.2) is 4.39 Å². The van der Waals surface area contributed by atoms with Crippen LogP contribution in [0.4, 0.5) is 4.39 Å². The highest BCUT2D eigenvalue weighted by molar-refractivity contribution is 9.10. The van der Waals surface area contributed by atoms with Crippen molar-refractivity contribution in [2.24, 2.45) is 5.84 Å². The van der Waals surface area contributed by atoms with E-state index < -0.39 is 0 Å². The molecule has 1 aromatic heterocycles. The predicted molar refractivity (Wildman–Crippen MR) is 76.8 cm³/mol. The van der Waals surface area contributed by atoms with E-state index in [1.165, 1.54) is 6.07 Å². The molecule has 3 N–H and O–H groups in total. The number of hydrogen-bond acceptors (Lipinski definition) is 3. The zero-order valence-corrected chi connectivity index (χ0v) is 12.1. The Morgan fingerprint density at radius 2 is 2.21 bits per heavy atom. The van der Waals surface area contributed by atoms with Crippen LogP contribution in [0.3, 0.4) is 0 Å². The lowest BCUT2D eigenvalue weighted by atomic mass is 10.0. The van der Waals surface area contributed by atoms with Crippen LogP contribution in [-0.4, -0.2) is 4.98 Å². The van der Waals surface area contributed by atoms with Gasteiger partial charge in [0.05, 0.1) is 16.2 Å². The highest BCUT2D eigenvalue weighted by atomic mass is 79.9. The van der Waals surface area contributed by atoms with Gasteiger partial charge >= 0.3 is 0 Å². The maximum absolute atomic E-state index is 13.5. The summed E-state index contributed by atoms with van der Waals surface area (Å²) in [4.78, 5) is 4.31. The standard InChI is InChI=1S/C14H15BrFN3/c1-9-5-6-18-12(7-9)13(19-17)8-10-3-2-4-11(16)14(10)15/h2-7,13,19H,8,17H2,1H3. The molecule has 19 heavy (non-hydrogen) atoms. The van der Waals surface area contributed by atoms with Crippen molar-refractivity contribution >= 4 is 15.9 Å². The number of hydrogen-bond donors (Lipinski definition) is 2. The fraction of sp³-hybridized carbons (Fsp3) is 0.214. The van der Waals surface area contributed by atoms with Gasteiger partial charge in [0.15, 0.2) is 0 Å². The third-order valence-electron chi connectivity index (χ3n) is 2.95. The first-order chi connectivity index (χ1) is 9.11. The number of pyridine rings is 1. The molecular formula is C14H15BrFN3. The average molecular weight is 324 g/mol. The summed E-state index contributed by atoms with van der Waals surface area (Å²) < 4.78 is 14.0. The second-order valence-corrected chi connectivity index (χ2v) is 5.19. The number of hydrazine groups is 1. The fourth-order valence-electron chi connectivity index (χ4n) is 1.93. The lowest BCUT2D eigenvalue weighted by molar-refractivity contribution is 0.533. The van der Waals surface area contributed by atoms with Crippen LogP contribution in [0.15, 0.2) is 41.0 Å². The molecule has 0 aliphatic carbocycles. The molecule has 0 aliphatic rings. The monoisotopic (exact) mass is 323 g/mol. The summed E-state index contributed by atoms with van der Waals surface area (Å²) in [5.41, 5.74) is 5.55. The number of aromatic nitrogens is 1. The Balaban J connectivity index is 2.26. The van der Waals surface area contributed by atoms with Crippen LogP contribution in [-0.2, 0) is 6.42 Å². The Bertz CT molecular complexity index is 574. The normalized spacial score (nSPS) is 12.4. The Morgan fingerprint density at radius 1 is 1.42 bits per heavy atom. The van der Waals surface area contributed by atoms with E-state index in [-0.39, 0.29) is 11.9 Å². The molecule has 2 aromatic rings. The van der Waals surface area contributed by atoms with Crippen molar-refractivity contribution < 1.29 is 4.39 Å². The second-order valence-electron chi connectivity index (χ2n) is 4.39. The molecule has 100 valence electrons. The van der Waals surface area contributed by atoms with E-state index in [4.69, 9.17) is 5.84 Å². The largest absolute Gasteiger partial charge is 0.271 e. The maximum atomic E-state index is 13.5. The minimum absolute atomic E-state index is 0.155. The van der Waals surface area contributed by atoms with Crippen LogP contribution in [0, 0.1) is 12.7 Å². The summed E-state index contributed by atoms with van der Waals surface area (Å²) in [6.45, 7) is 2.00. The molecule has 1 unspecified atom stereocenters. The molecule has 3 nitrogen and oxygen atoms in total. The lowest BCUT2D eigenvalue weighted by Crippen LogP contribution is -2.30. The SMILES string of the molecule is Cc1ccnc(C(Cc2cccc(F)c2Br)NN)c1. The summed E-state index contributed by atoms with van der Waals surface area (Å²) in [7, 11) is 0. The van der Waals surface area contributed by atoms with Crippen LogP contribution < -0.4 is 11.3 Å². The van der Waals surface area contributed by atoms with Crippen molar-refractivity contribution in [3.63, 3.8) is 0 Å². The number of benzene rings is 1. The number of nitrogens with one attached hydrogen (secondary N) is 1.